The van der Waals surface area contributed by atoms with Gasteiger partial charge in [0.25, 0.3) is 5.91 Å². The minimum Gasteiger partial charge on any atom is -0.872 e. The van der Waals surface area contributed by atoms with Crippen molar-refractivity contribution in [3.63, 3.8) is 0 Å². The average Bonchev–Trinajstić information content (AvgIpc) is 3.61. The summed E-state index contributed by atoms with van der Waals surface area (Å²) < 4.78 is 13.3. The molecular weight excluding hydrogens is 470 g/mol. The van der Waals surface area contributed by atoms with E-state index in [0.717, 1.165) is 11.3 Å². The summed E-state index contributed by atoms with van der Waals surface area (Å²) in [6, 6.07) is 11.6. The van der Waals surface area contributed by atoms with E-state index in [-0.39, 0.29) is 11.7 Å². The number of nitrogens with zero attached hydrogens (tertiary/aromatic N) is 2. The van der Waals surface area contributed by atoms with Crippen LogP contribution in [0.5, 0.6) is 11.5 Å². The molecule has 8 heteroatoms. The number of carbonyl (C=O) groups is 2. The van der Waals surface area contributed by atoms with Crippen LogP contribution in [0.3, 0.4) is 0 Å². The normalized spacial score (nSPS) is 20.1. The number of ketones is 1. The number of benzene rings is 2. The lowest BCUT2D eigenvalue weighted by molar-refractivity contribution is -0.695. The molecule has 0 bridgehead atoms. The first-order valence-electron chi connectivity index (χ1n) is 12.4. The molecule has 1 amide bonds. The zero-order valence-electron chi connectivity index (χ0n) is 20.7. The Labute approximate surface area is 215 Å². The Balaban J connectivity index is 1.51. The van der Waals surface area contributed by atoms with Gasteiger partial charge >= 0.3 is 0 Å². The van der Waals surface area contributed by atoms with Gasteiger partial charge in [-0.15, -0.1) is 0 Å². The summed E-state index contributed by atoms with van der Waals surface area (Å²) in [6.45, 7) is 6.97. The Morgan fingerprint density at radius 3 is 2.81 bits per heavy atom. The maximum Gasteiger partial charge on any atom is 0.295 e. The molecule has 2 aromatic carbocycles. The summed E-state index contributed by atoms with van der Waals surface area (Å²) in [5, 5.41) is 13.8. The third-order valence-corrected chi connectivity index (χ3v) is 6.67. The van der Waals surface area contributed by atoms with Crippen molar-refractivity contribution in [2.75, 3.05) is 13.2 Å². The molecule has 8 nitrogen and oxygen atoms in total. The van der Waals surface area contributed by atoms with Crippen LogP contribution in [-0.2, 0) is 22.6 Å². The predicted molar refractivity (Wildman–Crippen MR) is 134 cm³/mol. The number of aryl methyl sites for hydroxylation is 1. The third-order valence-electron chi connectivity index (χ3n) is 6.67. The molecule has 2 unspecified atom stereocenters. The lowest BCUT2D eigenvalue weighted by atomic mass is 9.94. The van der Waals surface area contributed by atoms with E-state index in [1.807, 2.05) is 30.2 Å². The molecule has 5 rings (SSSR count). The molecule has 0 radical (unpaired) electrons. The second-order valence-corrected chi connectivity index (χ2v) is 9.30. The lowest BCUT2D eigenvalue weighted by Crippen LogP contribution is -2.36. The van der Waals surface area contributed by atoms with Crippen LogP contribution in [0.4, 0.5) is 0 Å². The summed E-state index contributed by atoms with van der Waals surface area (Å²) in [6.07, 6.45) is 8.54. The number of carbonyl (C=O) groups excluding carboxylic acids is 2. The number of hydrogen-bond acceptors (Lipinski definition) is 5. The van der Waals surface area contributed by atoms with E-state index in [0.29, 0.717) is 49.4 Å². The van der Waals surface area contributed by atoms with Crippen LogP contribution in [0.1, 0.15) is 36.1 Å². The standard InChI is InChI=1S/C29H29N3O5/c1-3-15-36-23-8-5-20(6-9-23)26-25(27(33)21-7-10-24-22(17-21)16-19(2)37-24)28(34)29(35)32(26)13-4-12-31-14-11-30-18-31/h3,5-11,14,17-19,26H,1,4,12-13,15-16H2,2H3,(H,33,34). The van der Waals surface area contributed by atoms with Gasteiger partial charge in [-0.3, -0.25) is 14.6 Å². The summed E-state index contributed by atoms with van der Waals surface area (Å²) in [5.74, 6) is -0.451. The van der Waals surface area contributed by atoms with Crippen molar-refractivity contribution in [3.8, 4) is 11.5 Å². The first-order chi connectivity index (χ1) is 18.0. The van der Waals surface area contributed by atoms with Crippen molar-refractivity contribution < 1.29 is 28.7 Å². The van der Waals surface area contributed by atoms with Gasteiger partial charge in [0.1, 0.15) is 36.6 Å². The summed E-state index contributed by atoms with van der Waals surface area (Å²) in [7, 11) is 0. The van der Waals surface area contributed by atoms with Crippen molar-refractivity contribution in [1.82, 2.24) is 9.88 Å². The Kier molecular flexibility index (Phi) is 6.81. The highest BCUT2D eigenvalue weighted by molar-refractivity contribution is 6.46. The van der Waals surface area contributed by atoms with Crippen molar-refractivity contribution in [2.24, 2.45) is 0 Å². The predicted octanol–water partition coefficient (Wildman–Crippen LogP) is 2.50. The van der Waals surface area contributed by atoms with Gasteiger partial charge in [0.15, 0.2) is 0 Å². The van der Waals surface area contributed by atoms with Gasteiger partial charge in [-0.2, -0.15) is 0 Å². The smallest absolute Gasteiger partial charge is 0.295 e. The highest BCUT2D eigenvalue weighted by atomic mass is 16.5. The molecule has 1 fully saturated rings. The Morgan fingerprint density at radius 2 is 2.08 bits per heavy atom. The van der Waals surface area contributed by atoms with Crippen LogP contribution in [0.2, 0.25) is 0 Å². The number of H-pyrrole nitrogens is 1. The van der Waals surface area contributed by atoms with E-state index in [4.69, 9.17) is 9.47 Å². The SMILES string of the molecule is C=CCOc1ccc(C2/C(=C(\[O-])c3ccc4c(c3)CC(C)O4)C(=O)C(=O)N2CCC[n+]2cc[nH]c2)cc1. The van der Waals surface area contributed by atoms with Gasteiger partial charge < -0.3 is 19.5 Å². The fourth-order valence-electron chi connectivity index (χ4n) is 4.95. The number of aromatic amines is 1. The van der Waals surface area contributed by atoms with E-state index in [1.54, 1.807) is 48.5 Å². The average molecular weight is 500 g/mol. The molecule has 1 aromatic heterocycles. The number of rotatable bonds is 9. The highest BCUT2D eigenvalue weighted by Gasteiger charge is 2.44. The molecule has 1 N–H and O–H groups in total. The number of nitrogens with one attached hydrogen (secondary N) is 1. The third kappa shape index (κ3) is 4.87. The van der Waals surface area contributed by atoms with Gasteiger partial charge in [0.05, 0.1) is 12.6 Å². The van der Waals surface area contributed by atoms with Gasteiger partial charge in [-0.05, 0) is 47.9 Å². The Morgan fingerprint density at radius 1 is 1.27 bits per heavy atom. The van der Waals surface area contributed by atoms with E-state index in [9.17, 15) is 14.7 Å². The van der Waals surface area contributed by atoms with E-state index in [2.05, 4.69) is 11.6 Å². The van der Waals surface area contributed by atoms with E-state index in [1.165, 1.54) is 4.90 Å². The second kappa shape index (κ2) is 10.3. The molecule has 0 spiro atoms. The molecule has 2 atom stereocenters. The monoisotopic (exact) mass is 499 g/mol. The Hall–Kier alpha value is -4.33. The fourth-order valence-corrected chi connectivity index (χ4v) is 4.95. The second-order valence-electron chi connectivity index (χ2n) is 9.30. The number of amides is 1. The Bertz CT molecular complexity index is 1340. The molecule has 0 saturated carbocycles. The van der Waals surface area contributed by atoms with Crippen LogP contribution < -0.4 is 19.1 Å². The van der Waals surface area contributed by atoms with Gasteiger partial charge in [0, 0.05) is 25.0 Å². The number of fused-ring (bicyclic) bond motifs is 1. The van der Waals surface area contributed by atoms with Crippen molar-refractivity contribution in [1.29, 1.82) is 0 Å². The molecule has 0 aliphatic carbocycles. The fraction of sp³-hybridized carbons (Fsp3) is 0.276. The number of imidazole rings is 1. The van der Waals surface area contributed by atoms with E-state index < -0.39 is 23.5 Å². The van der Waals surface area contributed by atoms with Crippen molar-refractivity contribution >= 4 is 17.4 Å². The number of likely N-dealkylation sites (tertiary alicyclic amines) is 1. The first-order valence-corrected chi connectivity index (χ1v) is 12.4. The molecule has 2 aliphatic heterocycles. The topological polar surface area (TPSA) is 98.6 Å². The van der Waals surface area contributed by atoms with Gasteiger partial charge in [-0.25, -0.2) is 4.57 Å². The van der Waals surface area contributed by atoms with Crippen LogP contribution in [-0.4, -0.2) is 40.8 Å². The minimum absolute atomic E-state index is 0.0222. The van der Waals surface area contributed by atoms with Crippen molar-refractivity contribution in [3.05, 3.63) is 96.1 Å². The minimum atomic E-state index is -0.777. The largest absolute Gasteiger partial charge is 0.872 e. The first kappa shape index (κ1) is 24.4. The number of aromatic nitrogens is 2. The molecule has 1 saturated heterocycles. The maximum absolute atomic E-state index is 13.8. The van der Waals surface area contributed by atoms with Crippen LogP contribution in [0.25, 0.3) is 5.76 Å². The zero-order chi connectivity index (χ0) is 25.9. The van der Waals surface area contributed by atoms with Crippen molar-refractivity contribution in [2.45, 2.75) is 38.5 Å². The van der Waals surface area contributed by atoms with Crippen LogP contribution in [0.15, 0.2) is 79.4 Å². The number of hydrogen-bond donors (Lipinski definition) is 1. The maximum atomic E-state index is 13.8. The molecular formula is C29H29N3O5. The lowest BCUT2D eigenvalue weighted by Gasteiger charge is -2.27. The van der Waals surface area contributed by atoms with Gasteiger partial charge in [0.2, 0.25) is 12.1 Å². The molecule has 37 heavy (non-hydrogen) atoms. The quantitative estimate of drug-likeness (QED) is 0.160. The molecule has 2 aliphatic rings. The molecule has 3 aromatic rings. The zero-order valence-corrected chi connectivity index (χ0v) is 20.7. The number of ether oxygens (including phenoxy) is 2. The summed E-state index contributed by atoms with van der Waals surface area (Å²) >= 11 is 0. The van der Waals surface area contributed by atoms with Gasteiger partial charge in [-0.1, -0.05) is 36.6 Å². The molecule has 3 heterocycles. The highest BCUT2D eigenvalue weighted by Crippen LogP contribution is 2.40. The summed E-state index contributed by atoms with van der Waals surface area (Å²) in [5.41, 5.74) is 1.97. The van der Waals surface area contributed by atoms with E-state index >= 15 is 0 Å². The van der Waals surface area contributed by atoms with Crippen LogP contribution in [0, 0.1) is 0 Å². The number of Topliss-reactive ketones (excluding diaryl/α,β-unsaturated/α-hetero) is 1. The summed E-state index contributed by atoms with van der Waals surface area (Å²) in [4.78, 5) is 31.0. The van der Waals surface area contributed by atoms with Crippen LogP contribution >= 0.6 is 0 Å². The molecule has 190 valence electrons.